The first-order valence-corrected chi connectivity index (χ1v) is 7.12. The monoisotopic (exact) mass is 353 g/mol. The number of carbonyl (C=O) groups is 1. The van der Waals surface area contributed by atoms with Crippen molar-refractivity contribution < 1.29 is 23.6 Å². The predicted octanol–water partition coefficient (Wildman–Crippen LogP) is 3.70. The van der Waals surface area contributed by atoms with Crippen LogP contribution in [0.2, 0.25) is 5.02 Å². The van der Waals surface area contributed by atoms with Crippen LogP contribution >= 0.6 is 11.6 Å². The highest BCUT2D eigenvalue weighted by molar-refractivity contribution is 6.32. The SMILES string of the molecule is COC(=O)C(c1ccccc1F)c1cc(Cl)c(OC)cc1[N+](=O)[O-]. The second-order valence-electron chi connectivity index (χ2n) is 4.78. The van der Waals surface area contributed by atoms with Crippen molar-refractivity contribution in [2.24, 2.45) is 0 Å². The van der Waals surface area contributed by atoms with Gasteiger partial charge >= 0.3 is 5.97 Å². The Morgan fingerprint density at radius 1 is 1.25 bits per heavy atom. The van der Waals surface area contributed by atoms with E-state index in [-0.39, 0.29) is 21.9 Å². The number of methoxy groups -OCH3 is 2. The van der Waals surface area contributed by atoms with Gasteiger partial charge in [0.2, 0.25) is 0 Å². The van der Waals surface area contributed by atoms with E-state index in [1.165, 1.54) is 31.4 Å². The minimum absolute atomic E-state index is 0.0475. The topological polar surface area (TPSA) is 78.7 Å². The fourth-order valence-corrected chi connectivity index (χ4v) is 2.60. The van der Waals surface area contributed by atoms with E-state index in [4.69, 9.17) is 21.1 Å². The molecule has 0 saturated heterocycles. The maximum absolute atomic E-state index is 14.2. The van der Waals surface area contributed by atoms with Crippen molar-refractivity contribution in [3.05, 3.63) is 68.5 Å². The number of esters is 1. The van der Waals surface area contributed by atoms with Crippen molar-refractivity contribution in [3.8, 4) is 5.75 Å². The van der Waals surface area contributed by atoms with Gasteiger partial charge in [0, 0.05) is 5.56 Å². The number of halogens is 2. The second-order valence-corrected chi connectivity index (χ2v) is 5.19. The van der Waals surface area contributed by atoms with Crippen LogP contribution in [0.1, 0.15) is 17.0 Å². The number of hydrogen-bond donors (Lipinski definition) is 0. The molecule has 6 nitrogen and oxygen atoms in total. The molecule has 0 heterocycles. The summed E-state index contributed by atoms with van der Waals surface area (Å²) in [5, 5.41) is 11.5. The van der Waals surface area contributed by atoms with Crippen molar-refractivity contribution in [3.63, 3.8) is 0 Å². The molecule has 2 aromatic rings. The smallest absolute Gasteiger partial charge is 0.318 e. The summed E-state index contributed by atoms with van der Waals surface area (Å²) in [6.07, 6.45) is 0. The Hall–Kier alpha value is -2.67. The molecule has 0 amide bonds. The maximum Gasteiger partial charge on any atom is 0.318 e. The molecule has 2 aromatic carbocycles. The summed E-state index contributed by atoms with van der Waals surface area (Å²) >= 11 is 6.03. The first kappa shape index (κ1) is 17.7. The Bertz CT molecular complexity index is 796. The summed E-state index contributed by atoms with van der Waals surface area (Å²) in [5.41, 5.74) is -0.550. The summed E-state index contributed by atoms with van der Waals surface area (Å²) in [5.74, 6) is -2.79. The number of ether oxygens (including phenoxy) is 2. The van der Waals surface area contributed by atoms with Gasteiger partial charge in [0.05, 0.1) is 35.8 Å². The third-order valence-corrected chi connectivity index (χ3v) is 3.76. The van der Waals surface area contributed by atoms with Gasteiger partial charge in [-0.05, 0) is 12.1 Å². The summed E-state index contributed by atoms with van der Waals surface area (Å²) < 4.78 is 23.8. The molecular weight excluding hydrogens is 341 g/mol. The van der Waals surface area contributed by atoms with Crippen molar-refractivity contribution in [2.75, 3.05) is 14.2 Å². The van der Waals surface area contributed by atoms with Gasteiger partial charge in [-0.3, -0.25) is 14.9 Å². The van der Waals surface area contributed by atoms with Crippen molar-refractivity contribution in [1.29, 1.82) is 0 Å². The predicted molar refractivity (Wildman–Crippen MR) is 84.9 cm³/mol. The van der Waals surface area contributed by atoms with E-state index < -0.39 is 28.3 Å². The van der Waals surface area contributed by atoms with E-state index >= 15 is 0 Å². The molecule has 0 N–H and O–H groups in total. The average Bonchev–Trinajstić information content (AvgIpc) is 2.56. The number of nitro groups is 1. The van der Waals surface area contributed by atoms with Crippen molar-refractivity contribution in [1.82, 2.24) is 0 Å². The third-order valence-electron chi connectivity index (χ3n) is 3.46. The first-order valence-electron chi connectivity index (χ1n) is 6.74. The highest BCUT2D eigenvalue weighted by Gasteiger charge is 2.33. The lowest BCUT2D eigenvalue weighted by Gasteiger charge is -2.17. The van der Waals surface area contributed by atoms with Crippen LogP contribution in [0, 0.1) is 15.9 Å². The van der Waals surface area contributed by atoms with E-state index in [1.54, 1.807) is 0 Å². The fourth-order valence-electron chi connectivity index (χ4n) is 2.35. The molecule has 0 radical (unpaired) electrons. The van der Waals surface area contributed by atoms with Crippen LogP contribution in [0.3, 0.4) is 0 Å². The van der Waals surface area contributed by atoms with E-state index in [0.29, 0.717) is 0 Å². The molecule has 0 fully saturated rings. The van der Waals surface area contributed by atoms with Crippen molar-refractivity contribution in [2.45, 2.75) is 5.92 Å². The number of rotatable bonds is 5. The van der Waals surface area contributed by atoms with Crippen molar-refractivity contribution >= 4 is 23.3 Å². The van der Waals surface area contributed by atoms with E-state index in [9.17, 15) is 19.3 Å². The van der Waals surface area contributed by atoms with Gasteiger partial charge in [-0.15, -0.1) is 0 Å². The molecule has 1 atom stereocenters. The molecule has 24 heavy (non-hydrogen) atoms. The highest BCUT2D eigenvalue weighted by Crippen LogP contribution is 2.39. The number of nitro benzene ring substituents is 1. The minimum atomic E-state index is -1.33. The Labute approximate surface area is 141 Å². The number of carbonyl (C=O) groups excluding carboxylic acids is 1. The molecule has 2 rings (SSSR count). The van der Waals surface area contributed by atoms with Crippen LogP contribution in [-0.2, 0) is 9.53 Å². The van der Waals surface area contributed by atoms with Crippen LogP contribution in [0.25, 0.3) is 0 Å². The zero-order valence-corrected chi connectivity index (χ0v) is 13.5. The lowest BCUT2D eigenvalue weighted by atomic mass is 9.89. The molecule has 1 unspecified atom stereocenters. The standard InChI is InChI=1S/C16H13ClFNO5/c1-23-14-8-13(19(21)22)10(7-11(14)17)15(16(20)24-2)9-5-3-4-6-12(9)18/h3-8,15H,1-2H3. The lowest BCUT2D eigenvalue weighted by molar-refractivity contribution is -0.385. The highest BCUT2D eigenvalue weighted by atomic mass is 35.5. The number of hydrogen-bond acceptors (Lipinski definition) is 5. The molecular formula is C16H13ClFNO5. The van der Waals surface area contributed by atoms with Crippen LogP contribution < -0.4 is 4.74 Å². The maximum atomic E-state index is 14.2. The normalized spacial score (nSPS) is 11.7. The minimum Gasteiger partial charge on any atom is -0.495 e. The van der Waals surface area contributed by atoms with Crippen LogP contribution in [-0.4, -0.2) is 25.1 Å². The Kier molecular flexibility index (Phi) is 5.35. The quantitative estimate of drug-likeness (QED) is 0.465. The molecule has 0 aliphatic rings. The van der Waals surface area contributed by atoms with Gasteiger partial charge in [0.15, 0.2) is 0 Å². The number of benzene rings is 2. The Morgan fingerprint density at radius 3 is 2.46 bits per heavy atom. The molecule has 126 valence electrons. The number of nitrogens with zero attached hydrogens (tertiary/aromatic N) is 1. The fraction of sp³-hybridized carbons (Fsp3) is 0.188. The van der Waals surface area contributed by atoms with Gasteiger partial charge in [0.1, 0.15) is 17.5 Å². The van der Waals surface area contributed by atoms with Crippen LogP contribution in [0.4, 0.5) is 10.1 Å². The third kappa shape index (κ3) is 3.30. The molecule has 0 aliphatic heterocycles. The first-order chi connectivity index (χ1) is 11.4. The van der Waals surface area contributed by atoms with Gasteiger partial charge in [-0.1, -0.05) is 29.8 Å². The molecule has 0 aromatic heterocycles. The summed E-state index contributed by atoms with van der Waals surface area (Å²) in [6, 6.07) is 7.79. The second kappa shape index (κ2) is 7.27. The van der Waals surface area contributed by atoms with E-state index in [1.807, 2.05) is 0 Å². The summed E-state index contributed by atoms with van der Waals surface area (Å²) in [6.45, 7) is 0. The van der Waals surface area contributed by atoms with E-state index in [0.717, 1.165) is 19.2 Å². The van der Waals surface area contributed by atoms with Gasteiger partial charge < -0.3 is 9.47 Å². The molecule has 0 spiro atoms. The largest absolute Gasteiger partial charge is 0.495 e. The molecule has 8 heteroatoms. The van der Waals surface area contributed by atoms with Gasteiger partial charge in [0.25, 0.3) is 5.69 Å². The Morgan fingerprint density at radius 2 is 1.92 bits per heavy atom. The zero-order valence-electron chi connectivity index (χ0n) is 12.8. The van der Waals surface area contributed by atoms with Crippen LogP contribution in [0.15, 0.2) is 36.4 Å². The van der Waals surface area contributed by atoms with Gasteiger partial charge in [-0.2, -0.15) is 0 Å². The lowest BCUT2D eigenvalue weighted by Crippen LogP contribution is -2.18. The summed E-state index contributed by atoms with van der Waals surface area (Å²) in [7, 11) is 2.42. The van der Waals surface area contributed by atoms with Gasteiger partial charge in [-0.25, -0.2) is 4.39 Å². The molecule has 0 bridgehead atoms. The molecule has 0 saturated carbocycles. The Balaban J connectivity index is 2.76. The zero-order chi connectivity index (χ0) is 17.9. The van der Waals surface area contributed by atoms with Crippen LogP contribution in [0.5, 0.6) is 5.75 Å². The molecule has 0 aliphatic carbocycles. The summed E-state index contributed by atoms with van der Waals surface area (Å²) in [4.78, 5) is 22.9. The van der Waals surface area contributed by atoms with E-state index in [2.05, 4.69) is 0 Å². The average molecular weight is 354 g/mol.